The highest BCUT2D eigenvalue weighted by Gasteiger charge is 2.41. The van der Waals surface area contributed by atoms with Crippen LogP contribution in [-0.2, 0) is 20.7 Å². The number of hydroxylamine groups is 1. The van der Waals surface area contributed by atoms with Gasteiger partial charge in [-0.1, -0.05) is 126 Å². The van der Waals surface area contributed by atoms with Crippen molar-refractivity contribution in [3.8, 4) is 0 Å². The highest BCUT2D eigenvalue weighted by atomic mass is 28.4. The minimum absolute atomic E-state index is 0.0996. The van der Waals surface area contributed by atoms with Crippen molar-refractivity contribution in [3.05, 3.63) is 108 Å². The number of hydrogen-bond donors (Lipinski definition) is 3. The zero-order chi connectivity index (χ0) is 33.7. The molecule has 3 aromatic rings. The minimum atomic E-state index is -2.33. The summed E-state index contributed by atoms with van der Waals surface area (Å²) in [5, 5.41) is 4.00. The van der Waals surface area contributed by atoms with Crippen molar-refractivity contribution in [2.75, 3.05) is 5.01 Å². The lowest BCUT2D eigenvalue weighted by Crippen LogP contribution is -2.55. The molecule has 46 heavy (non-hydrogen) atoms. The standard InChI is InChI=1S/C37H50N4O4Si/c1-28(2)26-33(32(25-17-22-29-18-11-8-12-19-29)35(43)40-45-46(6,7)37(3,4)5)34(42)39-41(31-23-15-10-16-24-31)36(44)38-27-30-20-13-9-14-21-30/h8-24,28,32-33H,25-27H2,1-7H3,(H,38,44)(H,39,42)(H,40,43)/t32-,33-/m0/s1. The van der Waals surface area contributed by atoms with Crippen molar-refractivity contribution in [2.24, 2.45) is 17.8 Å². The number of urea groups is 1. The van der Waals surface area contributed by atoms with E-state index in [9.17, 15) is 14.4 Å². The molecule has 3 N–H and O–H groups in total. The molecule has 0 bridgehead atoms. The van der Waals surface area contributed by atoms with Crippen LogP contribution in [0.3, 0.4) is 0 Å². The smallest absolute Gasteiger partial charge is 0.332 e. The first-order valence-corrected chi connectivity index (χ1v) is 18.9. The van der Waals surface area contributed by atoms with Gasteiger partial charge >= 0.3 is 6.03 Å². The van der Waals surface area contributed by atoms with Crippen molar-refractivity contribution < 1.29 is 18.9 Å². The van der Waals surface area contributed by atoms with Crippen LogP contribution in [0.4, 0.5) is 10.5 Å². The molecule has 0 fully saturated rings. The second kappa shape index (κ2) is 16.9. The number of allylic oxidation sites excluding steroid dienone is 1. The number of para-hydroxylation sites is 1. The van der Waals surface area contributed by atoms with Crippen LogP contribution in [0.1, 0.15) is 58.6 Å². The Morgan fingerprint density at radius 1 is 0.826 bits per heavy atom. The average Bonchev–Trinajstić information content (AvgIpc) is 3.03. The summed E-state index contributed by atoms with van der Waals surface area (Å²) < 4.78 is 6.11. The number of benzene rings is 3. The summed E-state index contributed by atoms with van der Waals surface area (Å²) in [6, 6.07) is 27.8. The molecule has 3 aromatic carbocycles. The quantitative estimate of drug-likeness (QED) is 0.131. The second-order valence-corrected chi connectivity index (χ2v) is 18.2. The van der Waals surface area contributed by atoms with E-state index >= 15 is 0 Å². The zero-order valence-corrected chi connectivity index (χ0v) is 29.2. The molecule has 0 aromatic heterocycles. The molecule has 0 spiro atoms. The van der Waals surface area contributed by atoms with Gasteiger partial charge in [-0.15, -0.1) is 0 Å². The molecule has 0 aliphatic rings. The maximum atomic E-state index is 14.2. The molecular formula is C37H50N4O4Si. The number of hydrogen-bond acceptors (Lipinski definition) is 4. The summed E-state index contributed by atoms with van der Waals surface area (Å²) in [6.07, 6.45) is 4.61. The molecular weight excluding hydrogens is 593 g/mol. The molecule has 246 valence electrons. The fourth-order valence-corrected chi connectivity index (χ4v) is 5.25. The number of carbonyl (C=O) groups excluding carboxylic acids is 3. The van der Waals surface area contributed by atoms with Gasteiger partial charge in [0.2, 0.25) is 20.1 Å². The number of carbonyl (C=O) groups is 3. The molecule has 2 atom stereocenters. The third-order valence-corrected chi connectivity index (χ3v) is 12.5. The van der Waals surface area contributed by atoms with Gasteiger partial charge < -0.3 is 9.84 Å². The van der Waals surface area contributed by atoms with E-state index in [1.807, 2.05) is 92.7 Å². The predicted octanol–water partition coefficient (Wildman–Crippen LogP) is 7.87. The van der Waals surface area contributed by atoms with Crippen LogP contribution >= 0.6 is 0 Å². The first kappa shape index (κ1) is 36.3. The molecule has 0 saturated heterocycles. The van der Waals surface area contributed by atoms with Crippen LogP contribution in [0.25, 0.3) is 6.08 Å². The Bertz CT molecular complexity index is 1420. The molecule has 0 aliphatic carbocycles. The monoisotopic (exact) mass is 642 g/mol. The van der Waals surface area contributed by atoms with Gasteiger partial charge in [-0.05, 0) is 60.2 Å². The van der Waals surface area contributed by atoms with Crippen LogP contribution in [0, 0.1) is 17.8 Å². The van der Waals surface area contributed by atoms with Gasteiger partial charge in [-0.3, -0.25) is 15.0 Å². The normalized spacial score (nSPS) is 13.2. The molecule has 8 nitrogen and oxygen atoms in total. The van der Waals surface area contributed by atoms with Crippen LogP contribution in [0.15, 0.2) is 97.1 Å². The fraction of sp³-hybridized carbons (Fsp3) is 0.378. The van der Waals surface area contributed by atoms with Gasteiger partial charge in [-0.25, -0.2) is 15.3 Å². The van der Waals surface area contributed by atoms with Crippen molar-refractivity contribution in [2.45, 2.75) is 72.1 Å². The first-order valence-electron chi connectivity index (χ1n) is 16.0. The number of anilines is 1. The van der Waals surface area contributed by atoms with Crippen molar-refractivity contribution in [1.82, 2.24) is 16.2 Å². The summed E-state index contributed by atoms with van der Waals surface area (Å²) in [5.41, 5.74) is 8.03. The van der Waals surface area contributed by atoms with Crippen molar-refractivity contribution in [3.63, 3.8) is 0 Å². The Morgan fingerprint density at radius 2 is 1.39 bits per heavy atom. The second-order valence-electron chi connectivity index (χ2n) is 13.5. The number of amides is 4. The minimum Gasteiger partial charge on any atom is -0.332 e. The Hall–Kier alpha value is -4.21. The summed E-state index contributed by atoms with van der Waals surface area (Å²) in [4.78, 5) is 41.7. The highest BCUT2D eigenvalue weighted by Crippen LogP contribution is 2.36. The summed E-state index contributed by atoms with van der Waals surface area (Å²) in [5.74, 6) is -2.19. The van der Waals surface area contributed by atoms with E-state index in [4.69, 9.17) is 4.53 Å². The number of hydrazine groups is 1. The molecule has 0 aliphatic heterocycles. The van der Waals surface area contributed by atoms with E-state index < -0.39 is 32.1 Å². The molecule has 0 saturated carbocycles. The Morgan fingerprint density at radius 3 is 1.96 bits per heavy atom. The zero-order valence-electron chi connectivity index (χ0n) is 28.2. The van der Waals surface area contributed by atoms with Gasteiger partial charge in [0.05, 0.1) is 17.5 Å². The lowest BCUT2D eigenvalue weighted by Gasteiger charge is -2.36. The lowest BCUT2D eigenvalue weighted by molar-refractivity contribution is -0.140. The van der Waals surface area contributed by atoms with Crippen LogP contribution in [0.5, 0.6) is 0 Å². The lowest BCUT2D eigenvalue weighted by atomic mass is 9.82. The molecule has 3 rings (SSSR count). The largest absolute Gasteiger partial charge is 0.341 e. The van der Waals surface area contributed by atoms with Crippen molar-refractivity contribution >= 4 is 37.9 Å². The number of rotatable bonds is 13. The molecule has 0 unspecified atom stereocenters. The Kier molecular flexibility index (Phi) is 13.3. The SMILES string of the molecule is CC(C)C[C@H](C(=O)NN(C(=O)NCc1ccccc1)c1ccccc1)[C@H](CC=Cc1ccccc1)C(=O)NO[Si](C)(C)C(C)(C)C. The summed E-state index contributed by atoms with van der Waals surface area (Å²) in [7, 11) is -2.33. The number of nitrogens with one attached hydrogen (secondary N) is 3. The molecule has 0 radical (unpaired) electrons. The maximum absolute atomic E-state index is 14.2. The first-order chi connectivity index (χ1) is 21.8. The molecule has 4 amide bonds. The van der Waals surface area contributed by atoms with Gasteiger partial charge in [-0.2, -0.15) is 0 Å². The van der Waals surface area contributed by atoms with E-state index in [1.54, 1.807) is 24.3 Å². The van der Waals surface area contributed by atoms with Crippen molar-refractivity contribution in [1.29, 1.82) is 0 Å². The van der Waals surface area contributed by atoms with Gasteiger partial charge in [0.15, 0.2) is 0 Å². The summed E-state index contributed by atoms with van der Waals surface area (Å²) in [6.45, 7) is 14.7. The summed E-state index contributed by atoms with van der Waals surface area (Å²) >= 11 is 0. The van der Waals surface area contributed by atoms with Crippen LogP contribution < -0.4 is 21.2 Å². The third-order valence-electron chi connectivity index (χ3n) is 8.32. The van der Waals surface area contributed by atoms with Crippen LogP contribution in [0.2, 0.25) is 18.1 Å². The van der Waals surface area contributed by atoms with E-state index in [-0.39, 0.29) is 23.4 Å². The van der Waals surface area contributed by atoms with Gasteiger partial charge in [0, 0.05) is 6.54 Å². The van der Waals surface area contributed by atoms with Gasteiger partial charge in [0.25, 0.3) is 0 Å². The van der Waals surface area contributed by atoms with E-state index in [0.29, 0.717) is 18.5 Å². The third kappa shape index (κ3) is 11.0. The number of nitrogens with zero attached hydrogens (tertiary/aromatic N) is 1. The molecule has 9 heteroatoms. The van der Waals surface area contributed by atoms with E-state index in [0.717, 1.165) is 11.1 Å². The Labute approximate surface area is 275 Å². The van der Waals surface area contributed by atoms with E-state index in [1.165, 1.54) is 5.01 Å². The maximum Gasteiger partial charge on any atom is 0.341 e. The van der Waals surface area contributed by atoms with Crippen LogP contribution in [-0.4, -0.2) is 26.2 Å². The Balaban J connectivity index is 1.91. The average molecular weight is 643 g/mol. The fourth-order valence-electron chi connectivity index (χ4n) is 4.59. The van der Waals surface area contributed by atoms with Gasteiger partial charge in [0.1, 0.15) is 0 Å². The predicted molar refractivity (Wildman–Crippen MR) is 189 cm³/mol. The topological polar surface area (TPSA) is 99.8 Å². The van der Waals surface area contributed by atoms with E-state index in [2.05, 4.69) is 50.1 Å². The molecule has 0 heterocycles. The highest BCUT2D eigenvalue weighted by molar-refractivity contribution is 6.74.